The number of hydrazine groups is 1. The van der Waals surface area contributed by atoms with Crippen molar-refractivity contribution in [3.05, 3.63) is 47.8 Å². The number of nitrogens with zero attached hydrogens (tertiary/aromatic N) is 2. The fourth-order valence-electron chi connectivity index (χ4n) is 2.76. The fraction of sp³-hybridized carbons (Fsp3) is 0.316. The number of thioether (sulfide) groups is 1. The van der Waals surface area contributed by atoms with E-state index in [0.717, 1.165) is 36.7 Å². The zero-order valence-electron chi connectivity index (χ0n) is 16.0. The third kappa shape index (κ3) is 5.15. The van der Waals surface area contributed by atoms with E-state index in [1.165, 1.54) is 6.07 Å². The summed E-state index contributed by atoms with van der Waals surface area (Å²) in [6, 6.07) is 6.66. The molecule has 2 amide bonds. The van der Waals surface area contributed by atoms with Gasteiger partial charge < -0.3 is 9.55 Å². The lowest BCUT2D eigenvalue weighted by molar-refractivity contribution is -0.137. The third-order valence-electron chi connectivity index (χ3n) is 4.27. The molecule has 0 atom stereocenters. The number of hydrogen-bond acceptors (Lipinski definition) is 4. The number of imidazole rings is 1. The molecule has 2 aromatic heterocycles. The molecule has 1 aromatic carbocycles. The van der Waals surface area contributed by atoms with E-state index in [0.29, 0.717) is 22.9 Å². The van der Waals surface area contributed by atoms with Gasteiger partial charge >= 0.3 is 6.18 Å². The van der Waals surface area contributed by atoms with Gasteiger partial charge in [-0.05, 0) is 36.8 Å². The van der Waals surface area contributed by atoms with Gasteiger partial charge in [-0.15, -0.1) is 0 Å². The summed E-state index contributed by atoms with van der Waals surface area (Å²) < 4.78 is 40.8. The van der Waals surface area contributed by atoms with Gasteiger partial charge in [0.25, 0.3) is 5.91 Å². The standard InChI is InChI=1S/C19H20F3N5O2S/c1-2-3-9-27-15-7-6-12(19(20,21)22)10-14(15)24-18(27)30-11-16(28)25-26-17(29)13-5-4-8-23-13/h4-8,10,23H,2-3,9,11H2,1H3,(H,25,28)(H,26,29). The summed E-state index contributed by atoms with van der Waals surface area (Å²) in [6.07, 6.45) is -1.16. The van der Waals surface area contributed by atoms with Crippen molar-refractivity contribution < 1.29 is 22.8 Å². The molecule has 11 heteroatoms. The number of carbonyl (C=O) groups excluding carboxylic acids is 2. The van der Waals surface area contributed by atoms with Crippen molar-refractivity contribution in [2.24, 2.45) is 0 Å². The first-order chi connectivity index (χ1) is 14.3. The fourth-order valence-corrected chi connectivity index (χ4v) is 3.60. The second-order valence-electron chi connectivity index (χ2n) is 6.48. The molecule has 0 bridgehead atoms. The Bertz CT molecular complexity index is 1030. The smallest absolute Gasteiger partial charge is 0.357 e. The van der Waals surface area contributed by atoms with Crippen LogP contribution >= 0.6 is 11.8 Å². The minimum Gasteiger partial charge on any atom is -0.357 e. The maximum Gasteiger partial charge on any atom is 0.416 e. The lowest BCUT2D eigenvalue weighted by Gasteiger charge is -2.09. The summed E-state index contributed by atoms with van der Waals surface area (Å²) in [7, 11) is 0. The normalized spacial score (nSPS) is 11.6. The van der Waals surface area contributed by atoms with E-state index in [2.05, 4.69) is 20.8 Å². The van der Waals surface area contributed by atoms with Crippen LogP contribution in [0, 0.1) is 0 Å². The molecule has 0 unspecified atom stereocenters. The van der Waals surface area contributed by atoms with Crippen molar-refractivity contribution in [3.63, 3.8) is 0 Å². The number of aryl methyl sites for hydroxylation is 1. The van der Waals surface area contributed by atoms with E-state index in [1.807, 2.05) is 11.5 Å². The average molecular weight is 439 g/mol. The largest absolute Gasteiger partial charge is 0.416 e. The van der Waals surface area contributed by atoms with Crippen LogP contribution in [0.3, 0.4) is 0 Å². The van der Waals surface area contributed by atoms with Gasteiger partial charge in [0.15, 0.2) is 5.16 Å². The third-order valence-corrected chi connectivity index (χ3v) is 5.24. The summed E-state index contributed by atoms with van der Waals surface area (Å²) in [6.45, 7) is 2.58. The summed E-state index contributed by atoms with van der Waals surface area (Å²) in [5.74, 6) is -1.02. The van der Waals surface area contributed by atoms with Gasteiger partial charge in [0.1, 0.15) is 5.69 Å². The molecule has 2 heterocycles. The van der Waals surface area contributed by atoms with E-state index in [-0.39, 0.29) is 11.3 Å². The van der Waals surface area contributed by atoms with E-state index in [4.69, 9.17) is 0 Å². The van der Waals surface area contributed by atoms with Gasteiger partial charge in [0, 0.05) is 12.7 Å². The minimum atomic E-state index is -4.45. The SMILES string of the molecule is CCCCn1c(SCC(=O)NNC(=O)c2ccc[nH]2)nc2cc(C(F)(F)F)ccc21. The van der Waals surface area contributed by atoms with Crippen LogP contribution in [0.1, 0.15) is 35.8 Å². The van der Waals surface area contributed by atoms with Crippen LogP contribution in [0.25, 0.3) is 11.0 Å². The molecule has 3 N–H and O–H groups in total. The summed E-state index contributed by atoms with van der Waals surface area (Å²) in [5.41, 5.74) is 4.92. The molecule has 0 radical (unpaired) electrons. The second-order valence-corrected chi connectivity index (χ2v) is 7.42. The number of amides is 2. The highest BCUT2D eigenvalue weighted by Gasteiger charge is 2.31. The first-order valence-corrected chi connectivity index (χ1v) is 10.2. The van der Waals surface area contributed by atoms with E-state index in [9.17, 15) is 22.8 Å². The van der Waals surface area contributed by atoms with E-state index in [1.54, 1.807) is 18.3 Å². The molecule has 0 fully saturated rings. The number of alkyl halides is 3. The molecule has 0 aliphatic rings. The zero-order chi connectivity index (χ0) is 21.7. The highest BCUT2D eigenvalue weighted by Crippen LogP contribution is 2.33. The van der Waals surface area contributed by atoms with E-state index >= 15 is 0 Å². The molecule has 30 heavy (non-hydrogen) atoms. The summed E-state index contributed by atoms with van der Waals surface area (Å²) >= 11 is 1.09. The number of aromatic nitrogens is 3. The average Bonchev–Trinajstić information content (AvgIpc) is 3.35. The van der Waals surface area contributed by atoms with Crippen LogP contribution in [0.4, 0.5) is 13.2 Å². The molecule has 0 saturated carbocycles. The van der Waals surface area contributed by atoms with Gasteiger partial charge in [0.05, 0.1) is 22.3 Å². The number of H-pyrrole nitrogens is 1. The van der Waals surface area contributed by atoms with Crippen molar-refractivity contribution >= 4 is 34.6 Å². The number of hydrogen-bond donors (Lipinski definition) is 3. The number of fused-ring (bicyclic) bond motifs is 1. The van der Waals surface area contributed by atoms with Crippen LogP contribution < -0.4 is 10.9 Å². The Morgan fingerprint density at radius 2 is 2.03 bits per heavy atom. The Kier molecular flexibility index (Phi) is 6.70. The number of carbonyl (C=O) groups is 2. The minimum absolute atomic E-state index is 0.0629. The van der Waals surface area contributed by atoms with Gasteiger partial charge in [-0.2, -0.15) is 13.2 Å². The van der Waals surface area contributed by atoms with Crippen LogP contribution in [-0.4, -0.2) is 32.1 Å². The van der Waals surface area contributed by atoms with Gasteiger partial charge in [-0.3, -0.25) is 20.4 Å². The number of unbranched alkanes of at least 4 members (excludes halogenated alkanes) is 1. The monoisotopic (exact) mass is 439 g/mol. The molecule has 0 spiro atoms. The number of benzene rings is 1. The zero-order valence-corrected chi connectivity index (χ0v) is 16.9. The maximum atomic E-state index is 13.0. The Labute approximate surface area is 174 Å². The van der Waals surface area contributed by atoms with Gasteiger partial charge in [-0.25, -0.2) is 4.98 Å². The molecular formula is C19H20F3N5O2S. The van der Waals surface area contributed by atoms with E-state index < -0.39 is 23.6 Å². The highest BCUT2D eigenvalue weighted by atomic mass is 32.2. The lowest BCUT2D eigenvalue weighted by Crippen LogP contribution is -2.42. The van der Waals surface area contributed by atoms with Gasteiger partial charge in [-0.1, -0.05) is 25.1 Å². The van der Waals surface area contributed by atoms with Crippen molar-refractivity contribution in [1.29, 1.82) is 0 Å². The highest BCUT2D eigenvalue weighted by molar-refractivity contribution is 7.99. The summed E-state index contributed by atoms with van der Waals surface area (Å²) in [4.78, 5) is 30.9. The van der Waals surface area contributed by atoms with Crippen molar-refractivity contribution in [2.75, 3.05) is 5.75 Å². The van der Waals surface area contributed by atoms with Crippen LogP contribution in [0.2, 0.25) is 0 Å². The van der Waals surface area contributed by atoms with Crippen molar-refractivity contribution in [3.8, 4) is 0 Å². The molecule has 0 saturated heterocycles. The van der Waals surface area contributed by atoms with Crippen molar-refractivity contribution in [2.45, 2.75) is 37.6 Å². The van der Waals surface area contributed by atoms with Crippen LogP contribution in [-0.2, 0) is 17.5 Å². The number of nitrogens with one attached hydrogen (secondary N) is 3. The van der Waals surface area contributed by atoms with Crippen molar-refractivity contribution in [1.82, 2.24) is 25.4 Å². The molecule has 3 rings (SSSR count). The summed E-state index contributed by atoms with van der Waals surface area (Å²) in [5, 5.41) is 0.448. The first kappa shape index (κ1) is 21.8. The molecular weight excluding hydrogens is 419 g/mol. The quantitative estimate of drug-likeness (QED) is 0.386. The lowest BCUT2D eigenvalue weighted by atomic mass is 10.2. The Hall–Kier alpha value is -2.95. The molecule has 0 aliphatic heterocycles. The Morgan fingerprint density at radius 1 is 1.23 bits per heavy atom. The van der Waals surface area contributed by atoms with Crippen LogP contribution in [0.5, 0.6) is 0 Å². The first-order valence-electron chi connectivity index (χ1n) is 9.22. The predicted octanol–water partition coefficient (Wildman–Crippen LogP) is 3.74. The molecule has 160 valence electrons. The maximum absolute atomic E-state index is 13.0. The topological polar surface area (TPSA) is 91.8 Å². The number of rotatable bonds is 7. The predicted molar refractivity (Wildman–Crippen MR) is 107 cm³/mol. The second kappa shape index (κ2) is 9.24. The molecule has 3 aromatic rings. The molecule has 7 nitrogen and oxygen atoms in total. The van der Waals surface area contributed by atoms with Crippen LogP contribution in [0.15, 0.2) is 41.7 Å². The Balaban J connectivity index is 1.70. The number of aromatic amines is 1. The number of halogens is 3. The molecule has 0 aliphatic carbocycles. The Morgan fingerprint density at radius 3 is 2.70 bits per heavy atom. The van der Waals surface area contributed by atoms with Gasteiger partial charge in [0.2, 0.25) is 5.91 Å².